The lowest BCUT2D eigenvalue weighted by molar-refractivity contribution is 0.108. The van der Waals surface area contributed by atoms with Crippen molar-refractivity contribution in [1.29, 1.82) is 0 Å². The summed E-state index contributed by atoms with van der Waals surface area (Å²) in [6, 6.07) is 15.5. The zero-order valence-electron chi connectivity index (χ0n) is 10.4. The molecule has 0 fully saturated rings. The van der Waals surface area contributed by atoms with Crippen LogP contribution in [0.3, 0.4) is 0 Å². The van der Waals surface area contributed by atoms with Crippen molar-refractivity contribution in [2.75, 3.05) is 12.4 Å². The summed E-state index contributed by atoms with van der Waals surface area (Å²) in [4.78, 5) is 13.2. The molecule has 0 saturated carbocycles. The SMILES string of the molecule is CNc1ccccc1C(=O)Sc1ccc(C)cc1. The third-order valence-corrected chi connectivity index (χ3v) is 3.56. The molecule has 2 rings (SSSR count). The maximum Gasteiger partial charge on any atom is 0.226 e. The molecule has 2 nitrogen and oxygen atoms in total. The molecule has 0 heterocycles. The minimum atomic E-state index is 0.0591. The fourth-order valence-corrected chi connectivity index (χ4v) is 2.42. The van der Waals surface area contributed by atoms with Gasteiger partial charge in [-0.3, -0.25) is 4.79 Å². The van der Waals surface area contributed by atoms with Crippen LogP contribution in [0.25, 0.3) is 0 Å². The van der Waals surface area contributed by atoms with Gasteiger partial charge in [-0.1, -0.05) is 29.8 Å². The van der Waals surface area contributed by atoms with Gasteiger partial charge in [-0.25, -0.2) is 0 Å². The topological polar surface area (TPSA) is 29.1 Å². The number of para-hydroxylation sites is 1. The van der Waals surface area contributed by atoms with E-state index >= 15 is 0 Å². The van der Waals surface area contributed by atoms with Gasteiger partial charge >= 0.3 is 0 Å². The molecule has 0 aliphatic heterocycles. The number of rotatable bonds is 3. The summed E-state index contributed by atoms with van der Waals surface area (Å²) in [6.45, 7) is 2.03. The Bertz CT molecular complexity index is 549. The number of anilines is 1. The molecule has 0 atom stereocenters. The fraction of sp³-hybridized carbons (Fsp3) is 0.133. The first-order valence-corrected chi connectivity index (χ1v) is 6.58. The summed E-state index contributed by atoms with van der Waals surface area (Å²) in [5, 5.41) is 3.10. The standard InChI is InChI=1S/C15H15NOS/c1-11-7-9-12(10-8-11)18-15(17)13-5-3-4-6-14(13)16-2/h3-10,16H,1-2H3. The van der Waals surface area contributed by atoms with Crippen molar-refractivity contribution in [2.45, 2.75) is 11.8 Å². The van der Waals surface area contributed by atoms with Crippen LogP contribution in [0.15, 0.2) is 53.4 Å². The third-order valence-electron chi connectivity index (χ3n) is 2.65. The predicted octanol–water partition coefficient (Wildman–Crippen LogP) is 3.97. The first kappa shape index (κ1) is 12.7. The summed E-state index contributed by atoms with van der Waals surface area (Å²) >= 11 is 1.26. The molecule has 0 unspecified atom stereocenters. The highest BCUT2D eigenvalue weighted by molar-refractivity contribution is 8.14. The normalized spacial score (nSPS) is 10.1. The number of benzene rings is 2. The maximum atomic E-state index is 12.2. The molecule has 0 spiro atoms. The largest absolute Gasteiger partial charge is 0.388 e. The minimum Gasteiger partial charge on any atom is -0.388 e. The molecule has 2 aromatic rings. The highest BCUT2D eigenvalue weighted by Crippen LogP contribution is 2.26. The van der Waals surface area contributed by atoms with Gasteiger partial charge in [0.25, 0.3) is 0 Å². The maximum absolute atomic E-state index is 12.2. The van der Waals surface area contributed by atoms with Crippen molar-refractivity contribution < 1.29 is 4.79 Å². The van der Waals surface area contributed by atoms with E-state index in [-0.39, 0.29) is 5.12 Å². The fourth-order valence-electron chi connectivity index (χ4n) is 1.65. The number of thioether (sulfide) groups is 1. The lowest BCUT2D eigenvalue weighted by atomic mass is 10.2. The van der Waals surface area contributed by atoms with Gasteiger partial charge in [-0.05, 0) is 43.0 Å². The molecular weight excluding hydrogens is 242 g/mol. The van der Waals surface area contributed by atoms with Crippen molar-refractivity contribution in [1.82, 2.24) is 0 Å². The highest BCUT2D eigenvalue weighted by Gasteiger charge is 2.11. The number of hydrogen-bond donors (Lipinski definition) is 1. The smallest absolute Gasteiger partial charge is 0.226 e. The number of hydrogen-bond acceptors (Lipinski definition) is 3. The van der Waals surface area contributed by atoms with Crippen LogP contribution in [-0.4, -0.2) is 12.2 Å². The number of carbonyl (C=O) groups excluding carboxylic acids is 1. The third kappa shape index (κ3) is 2.93. The van der Waals surface area contributed by atoms with Crippen molar-refractivity contribution in [3.8, 4) is 0 Å². The average Bonchev–Trinajstić information content (AvgIpc) is 2.41. The van der Waals surface area contributed by atoms with Crippen LogP contribution in [0.5, 0.6) is 0 Å². The molecule has 0 aliphatic carbocycles. The molecule has 0 aromatic heterocycles. The second-order valence-corrected chi connectivity index (χ2v) is 5.04. The minimum absolute atomic E-state index is 0.0591. The molecule has 0 radical (unpaired) electrons. The molecule has 0 saturated heterocycles. The van der Waals surface area contributed by atoms with E-state index in [0.717, 1.165) is 10.6 Å². The van der Waals surface area contributed by atoms with Gasteiger partial charge in [0.15, 0.2) is 0 Å². The van der Waals surface area contributed by atoms with Crippen LogP contribution in [-0.2, 0) is 0 Å². The lowest BCUT2D eigenvalue weighted by Gasteiger charge is -2.07. The Labute approximate surface area is 111 Å². The van der Waals surface area contributed by atoms with Crippen LogP contribution in [0.2, 0.25) is 0 Å². The van der Waals surface area contributed by atoms with E-state index in [1.54, 1.807) is 0 Å². The molecule has 2 aromatic carbocycles. The van der Waals surface area contributed by atoms with Crippen LogP contribution < -0.4 is 5.32 Å². The summed E-state index contributed by atoms with van der Waals surface area (Å²) in [5.74, 6) is 0. The second-order valence-electron chi connectivity index (χ2n) is 4.00. The van der Waals surface area contributed by atoms with Crippen LogP contribution in [0.1, 0.15) is 15.9 Å². The second kappa shape index (κ2) is 5.74. The molecule has 0 bridgehead atoms. The monoisotopic (exact) mass is 257 g/mol. The van der Waals surface area contributed by atoms with Gasteiger partial charge in [0.1, 0.15) is 0 Å². The van der Waals surface area contributed by atoms with Crippen molar-refractivity contribution in [3.05, 3.63) is 59.7 Å². The van der Waals surface area contributed by atoms with Crippen molar-refractivity contribution in [2.24, 2.45) is 0 Å². The van der Waals surface area contributed by atoms with Crippen molar-refractivity contribution >= 4 is 22.6 Å². The van der Waals surface area contributed by atoms with E-state index in [2.05, 4.69) is 5.32 Å². The highest BCUT2D eigenvalue weighted by atomic mass is 32.2. The molecule has 0 amide bonds. The van der Waals surface area contributed by atoms with Gasteiger partial charge in [0.05, 0.1) is 5.56 Å². The Morgan fingerprint density at radius 3 is 2.39 bits per heavy atom. The molecule has 3 heteroatoms. The van der Waals surface area contributed by atoms with E-state index in [1.165, 1.54) is 17.3 Å². The van der Waals surface area contributed by atoms with Gasteiger partial charge in [0.2, 0.25) is 5.12 Å². The quantitative estimate of drug-likeness (QED) is 0.844. The average molecular weight is 257 g/mol. The van der Waals surface area contributed by atoms with E-state index in [0.29, 0.717) is 5.56 Å². The Morgan fingerprint density at radius 1 is 1.06 bits per heavy atom. The van der Waals surface area contributed by atoms with Gasteiger partial charge in [-0.2, -0.15) is 0 Å². The zero-order valence-corrected chi connectivity index (χ0v) is 11.3. The van der Waals surface area contributed by atoms with Gasteiger partial charge in [-0.15, -0.1) is 0 Å². The Balaban J connectivity index is 2.19. The van der Waals surface area contributed by atoms with E-state index in [9.17, 15) is 4.79 Å². The van der Waals surface area contributed by atoms with E-state index in [1.807, 2.05) is 62.5 Å². The van der Waals surface area contributed by atoms with Gasteiger partial charge in [0, 0.05) is 17.6 Å². The van der Waals surface area contributed by atoms with Crippen molar-refractivity contribution in [3.63, 3.8) is 0 Å². The zero-order chi connectivity index (χ0) is 13.0. The van der Waals surface area contributed by atoms with Crippen LogP contribution in [0, 0.1) is 6.92 Å². The first-order valence-electron chi connectivity index (χ1n) is 5.76. The summed E-state index contributed by atoms with van der Waals surface area (Å²) in [6.07, 6.45) is 0. The lowest BCUT2D eigenvalue weighted by Crippen LogP contribution is -1.99. The molecule has 0 aliphatic rings. The molecule has 92 valence electrons. The summed E-state index contributed by atoms with van der Waals surface area (Å²) in [7, 11) is 1.82. The summed E-state index contributed by atoms with van der Waals surface area (Å²) < 4.78 is 0. The Hall–Kier alpha value is -1.74. The number of nitrogens with one attached hydrogen (secondary N) is 1. The van der Waals surface area contributed by atoms with E-state index < -0.39 is 0 Å². The molecular formula is C15H15NOS. The van der Waals surface area contributed by atoms with Crippen LogP contribution in [0.4, 0.5) is 5.69 Å². The number of aryl methyl sites for hydroxylation is 1. The van der Waals surface area contributed by atoms with E-state index in [4.69, 9.17) is 0 Å². The van der Waals surface area contributed by atoms with Gasteiger partial charge < -0.3 is 5.32 Å². The Kier molecular flexibility index (Phi) is 4.05. The molecule has 1 N–H and O–H groups in total. The predicted molar refractivity (Wildman–Crippen MR) is 77.4 cm³/mol. The van der Waals surface area contributed by atoms with Crippen LogP contribution >= 0.6 is 11.8 Å². The first-order chi connectivity index (χ1) is 8.70. The number of carbonyl (C=O) groups is 1. The molecule has 18 heavy (non-hydrogen) atoms. The Morgan fingerprint density at radius 2 is 1.72 bits per heavy atom. The summed E-state index contributed by atoms with van der Waals surface area (Å²) in [5.41, 5.74) is 2.77.